The summed E-state index contributed by atoms with van der Waals surface area (Å²) < 4.78 is 5.13. The molecule has 6 nitrogen and oxygen atoms in total. The molecule has 0 bridgehead atoms. The summed E-state index contributed by atoms with van der Waals surface area (Å²) in [6.07, 6.45) is -0.902. The smallest absolute Gasteiger partial charge is 0.332 e. The molecule has 0 radical (unpaired) electrons. The van der Waals surface area contributed by atoms with Gasteiger partial charge in [0.15, 0.2) is 6.10 Å². The predicted molar refractivity (Wildman–Crippen MR) is 65.5 cm³/mol. The van der Waals surface area contributed by atoms with E-state index < -0.39 is 18.2 Å². The molecule has 1 heterocycles. The molecule has 1 aromatic rings. The summed E-state index contributed by atoms with van der Waals surface area (Å²) in [4.78, 5) is 22.5. The zero-order chi connectivity index (χ0) is 13.8. The molecular weight excluding hydrogens is 250 g/mol. The lowest BCUT2D eigenvalue weighted by Gasteiger charge is -2.12. The SMILES string of the molecule is O=C(O)C1CCC(C(=O)NCc2ccccc2O)O1. The van der Waals surface area contributed by atoms with E-state index in [2.05, 4.69) is 5.32 Å². The molecule has 1 aromatic carbocycles. The van der Waals surface area contributed by atoms with Crippen molar-refractivity contribution in [2.75, 3.05) is 0 Å². The van der Waals surface area contributed by atoms with Crippen LogP contribution in [-0.4, -0.2) is 34.3 Å². The van der Waals surface area contributed by atoms with Crippen molar-refractivity contribution in [3.8, 4) is 5.75 Å². The van der Waals surface area contributed by atoms with Crippen LogP contribution in [0.15, 0.2) is 24.3 Å². The second-order valence-electron chi connectivity index (χ2n) is 4.38. The van der Waals surface area contributed by atoms with Crippen LogP contribution >= 0.6 is 0 Å². The minimum absolute atomic E-state index is 0.110. The monoisotopic (exact) mass is 265 g/mol. The average Bonchev–Trinajstić information content (AvgIpc) is 2.87. The first kappa shape index (κ1) is 13.4. The number of rotatable bonds is 4. The van der Waals surface area contributed by atoms with Gasteiger partial charge in [0, 0.05) is 12.1 Å². The number of phenols is 1. The van der Waals surface area contributed by atoms with E-state index in [1.54, 1.807) is 18.2 Å². The Labute approximate surface area is 110 Å². The van der Waals surface area contributed by atoms with Gasteiger partial charge in [-0.2, -0.15) is 0 Å². The Morgan fingerprint density at radius 1 is 1.26 bits per heavy atom. The number of hydrogen-bond acceptors (Lipinski definition) is 4. The molecule has 6 heteroatoms. The average molecular weight is 265 g/mol. The van der Waals surface area contributed by atoms with Gasteiger partial charge in [-0.3, -0.25) is 4.79 Å². The molecule has 0 aromatic heterocycles. The van der Waals surface area contributed by atoms with Crippen molar-refractivity contribution in [1.29, 1.82) is 0 Å². The number of amides is 1. The molecule has 0 spiro atoms. The van der Waals surface area contributed by atoms with Gasteiger partial charge < -0.3 is 20.3 Å². The minimum atomic E-state index is -1.05. The maximum Gasteiger partial charge on any atom is 0.332 e. The number of hydrogen-bond donors (Lipinski definition) is 3. The third kappa shape index (κ3) is 3.23. The Morgan fingerprint density at radius 2 is 1.95 bits per heavy atom. The molecule has 1 aliphatic heterocycles. The Morgan fingerprint density at radius 3 is 2.58 bits per heavy atom. The molecule has 102 valence electrons. The number of para-hydroxylation sites is 1. The molecule has 0 aliphatic carbocycles. The van der Waals surface area contributed by atoms with Gasteiger partial charge in [-0.15, -0.1) is 0 Å². The first-order valence-electron chi connectivity index (χ1n) is 6.01. The zero-order valence-corrected chi connectivity index (χ0v) is 10.2. The first-order valence-corrected chi connectivity index (χ1v) is 6.01. The third-order valence-corrected chi connectivity index (χ3v) is 3.03. The highest BCUT2D eigenvalue weighted by Crippen LogP contribution is 2.20. The number of ether oxygens (including phenoxy) is 1. The van der Waals surface area contributed by atoms with Gasteiger partial charge in [-0.1, -0.05) is 18.2 Å². The van der Waals surface area contributed by atoms with E-state index in [9.17, 15) is 14.7 Å². The van der Waals surface area contributed by atoms with Crippen molar-refractivity contribution in [3.05, 3.63) is 29.8 Å². The van der Waals surface area contributed by atoms with E-state index in [0.717, 1.165) is 0 Å². The summed E-state index contributed by atoms with van der Waals surface area (Å²) in [7, 11) is 0. The standard InChI is InChI=1S/C13H15NO5/c15-9-4-2-1-3-8(9)7-14-12(16)10-5-6-11(19-10)13(17)18/h1-4,10-11,15H,5-7H2,(H,14,16)(H,17,18). The van der Waals surface area contributed by atoms with Gasteiger partial charge in [0.25, 0.3) is 0 Å². The molecule has 2 unspecified atom stereocenters. The van der Waals surface area contributed by atoms with Crippen LogP contribution in [0.2, 0.25) is 0 Å². The molecule has 1 saturated heterocycles. The van der Waals surface area contributed by atoms with Crippen molar-refractivity contribution in [3.63, 3.8) is 0 Å². The second kappa shape index (κ2) is 5.71. The number of carboxylic acids is 1. The molecule has 1 amide bonds. The minimum Gasteiger partial charge on any atom is -0.508 e. The Hall–Kier alpha value is -2.08. The lowest BCUT2D eigenvalue weighted by molar-refractivity contribution is -0.151. The van der Waals surface area contributed by atoms with Crippen LogP contribution in [0.1, 0.15) is 18.4 Å². The van der Waals surface area contributed by atoms with Crippen LogP contribution in [0, 0.1) is 0 Å². The number of phenolic OH excluding ortho intramolecular Hbond substituents is 1. The fourth-order valence-corrected chi connectivity index (χ4v) is 1.97. The van der Waals surface area contributed by atoms with Gasteiger partial charge in [-0.25, -0.2) is 4.79 Å². The Bertz CT molecular complexity index is 488. The molecular formula is C13H15NO5. The molecule has 2 atom stereocenters. The van der Waals surface area contributed by atoms with E-state index in [1.165, 1.54) is 6.07 Å². The van der Waals surface area contributed by atoms with Crippen LogP contribution in [0.3, 0.4) is 0 Å². The summed E-state index contributed by atoms with van der Waals surface area (Å²) >= 11 is 0. The van der Waals surface area contributed by atoms with E-state index in [4.69, 9.17) is 9.84 Å². The van der Waals surface area contributed by atoms with Crippen molar-refractivity contribution < 1.29 is 24.5 Å². The van der Waals surface area contributed by atoms with Crippen LogP contribution in [-0.2, 0) is 20.9 Å². The molecule has 1 aliphatic rings. The number of aliphatic carboxylic acids is 1. The molecule has 3 N–H and O–H groups in total. The van der Waals surface area contributed by atoms with Gasteiger partial charge in [0.05, 0.1) is 0 Å². The first-order chi connectivity index (χ1) is 9.08. The molecule has 19 heavy (non-hydrogen) atoms. The van der Waals surface area contributed by atoms with E-state index in [1.807, 2.05) is 0 Å². The van der Waals surface area contributed by atoms with Crippen molar-refractivity contribution in [1.82, 2.24) is 5.32 Å². The highest BCUT2D eigenvalue weighted by atomic mass is 16.5. The van der Waals surface area contributed by atoms with E-state index in [-0.39, 0.29) is 18.2 Å². The highest BCUT2D eigenvalue weighted by Gasteiger charge is 2.34. The summed E-state index contributed by atoms with van der Waals surface area (Å²) in [5.74, 6) is -1.29. The fourth-order valence-electron chi connectivity index (χ4n) is 1.97. The Balaban J connectivity index is 1.86. The zero-order valence-electron chi connectivity index (χ0n) is 10.2. The Kier molecular flexibility index (Phi) is 4.01. The summed E-state index contributed by atoms with van der Waals surface area (Å²) in [6, 6.07) is 6.69. The van der Waals surface area contributed by atoms with Crippen LogP contribution in [0.5, 0.6) is 5.75 Å². The summed E-state index contributed by atoms with van der Waals surface area (Å²) in [6.45, 7) is 0.184. The molecule has 0 saturated carbocycles. The maximum absolute atomic E-state index is 11.8. The number of benzene rings is 1. The number of carbonyl (C=O) groups is 2. The van der Waals surface area contributed by atoms with Gasteiger partial charge in [0.2, 0.25) is 5.91 Å². The van der Waals surface area contributed by atoms with Crippen LogP contribution in [0.4, 0.5) is 0 Å². The van der Waals surface area contributed by atoms with Crippen LogP contribution in [0.25, 0.3) is 0 Å². The molecule has 1 fully saturated rings. The quantitative estimate of drug-likeness (QED) is 0.742. The predicted octanol–water partition coefficient (Wildman–Crippen LogP) is 0.641. The second-order valence-corrected chi connectivity index (χ2v) is 4.38. The number of carboxylic acid groups (broad SMARTS) is 1. The number of aromatic hydroxyl groups is 1. The summed E-state index contributed by atoms with van der Waals surface area (Å²) in [5, 5.41) is 20.9. The maximum atomic E-state index is 11.8. The van der Waals surface area contributed by atoms with E-state index >= 15 is 0 Å². The highest BCUT2D eigenvalue weighted by molar-refractivity contribution is 5.82. The fraction of sp³-hybridized carbons (Fsp3) is 0.385. The topological polar surface area (TPSA) is 95.9 Å². The summed E-state index contributed by atoms with van der Waals surface area (Å²) in [5.41, 5.74) is 0.601. The lowest BCUT2D eigenvalue weighted by atomic mass is 10.1. The normalized spacial score (nSPS) is 22.1. The van der Waals surface area contributed by atoms with Crippen molar-refractivity contribution in [2.45, 2.75) is 31.6 Å². The number of carbonyl (C=O) groups excluding carboxylic acids is 1. The van der Waals surface area contributed by atoms with Gasteiger partial charge in [0.1, 0.15) is 11.9 Å². The number of nitrogens with one attached hydrogen (secondary N) is 1. The lowest BCUT2D eigenvalue weighted by Crippen LogP contribution is -2.35. The molecule has 2 rings (SSSR count). The van der Waals surface area contributed by atoms with Crippen LogP contribution < -0.4 is 5.32 Å². The van der Waals surface area contributed by atoms with Crippen molar-refractivity contribution >= 4 is 11.9 Å². The largest absolute Gasteiger partial charge is 0.508 e. The van der Waals surface area contributed by atoms with Gasteiger partial charge >= 0.3 is 5.97 Å². The van der Waals surface area contributed by atoms with E-state index in [0.29, 0.717) is 18.4 Å². The third-order valence-electron chi connectivity index (χ3n) is 3.03. The van der Waals surface area contributed by atoms with Crippen molar-refractivity contribution in [2.24, 2.45) is 0 Å². The van der Waals surface area contributed by atoms with Gasteiger partial charge in [-0.05, 0) is 18.9 Å².